The number of hydrogen-bond acceptors (Lipinski definition) is 5. The summed E-state index contributed by atoms with van der Waals surface area (Å²) in [5.41, 5.74) is 0. The summed E-state index contributed by atoms with van der Waals surface area (Å²) in [4.78, 5) is 13.9. The van der Waals surface area contributed by atoms with E-state index in [1.54, 1.807) is 0 Å². The molecule has 0 aliphatic carbocycles. The first-order valence-electron chi connectivity index (χ1n) is 6.45. The van der Waals surface area contributed by atoms with Crippen LogP contribution in [0.3, 0.4) is 0 Å². The lowest BCUT2D eigenvalue weighted by atomic mass is 10.0. The quantitative estimate of drug-likeness (QED) is 0.837. The van der Waals surface area contributed by atoms with E-state index in [1.165, 1.54) is 17.8 Å². The summed E-state index contributed by atoms with van der Waals surface area (Å²) < 4.78 is 5.41. The molecular formula is C12H19N3O2S. The van der Waals surface area contributed by atoms with Crippen molar-refractivity contribution < 1.29 is 9.53 Å². The lowest BCUT2D eigenvalue weighted by molar-refractivity contribution is -0.136. The van der Waals surface area contributed by atoms with Gasteiger partial charge in [0.25, 0.3) is 11.1 Å². The summed E-state index contributed by atoms with van der Waals surface area (Å²) in [6.45, 7) is 5.03. The summed E-state index contributed by atoms with van der Waals surface area (Å²) in [5.74, 6) is 0.0513. The zero-order valence-electron chi connectivity index (χ0n) is 10.9. The molecule has 2 rings (SSSR count). The van der Waals surface area contributed by atoms with Crippen LogP contribution in [0.25, 0.3) is 0 Å². The molecule has 1 fully saturated rings. The molecule has 1 unspecified atom stereocenters. The van der Waals surface area contributed by atoms with Crippen molar-refractivity contribution in [3.63, 3.8) is 0 Å². The van der Waals surface area contributed by atoms with Gasteiger partial charge < -0.3 is 9.64 Å². The number of aromatic nitrogens is 2. The third-order valence-corrected chi connectivity index (χ3v) is 4.17. The molecule has 0 aromatic carbocycles. The second-order valence-electron chi connectivity index (χ2n) is 4.54. The van der Waals surface area contributed by atoms with E-state index in [2.05, 4.69) is 17.1 Å². The van der Waals surface area contributed by atoms with E-state index in [9.17, 15) is 4.79 Å². The first kappa shape index (κ1) is 13.3. The Labute approximate surface area is 111 Å². The van der Waals surface area contributed by atoms with Crippen LogP contribution < -0.4 is 4.74 Å². The zero-order chi connectivity index (χ0) is 13.0. The molecular weight excluding hydrogens is 250 g/mol. The van der Waals surface area contributed by atoms with Gasteiger partial charge in [-0.25, -0.2) is 0 Å². The number of piperidine rings is 1. The summed E-state index contributed by atoms with van der Waals surface area (Å²) >= 11 is 1.41. The van der Waals surface area contributed by atoms with Gasteiger partial charge in [-0.1, -0.05) is 18.3 Å². The Morgan fingerprint density at radius 2 is 2.33 bits per heavy atom. The van der Waals surface area contributed by atoms with E-state index in [0.717, 1.165) is 30.8 Å². The molecule has 0 radical (unpaired) electrons. The van der Waals surface area contributed by atoms with E-state index in [-0.39, 0.29) is 12.5 Å². The van der Waals surface area contributed by atoms with Gasteiger partial charge in [0.05, 0.1) is 0 Å². The smallest absolute Gasteiger partial charge is 0.294 e. The number of ether oxygens (including phenoxy) is 1. The van der Waals surface area contributed by atoms with E-state index < -0.39 is 0 Å². The maximum absolute atomic E-state index is 12.0. The SMILES string of the molecule is CCc1nnc(OCC(=O)N2CCCCC2C)s1. The molecule has 0 saturated carbocycles. The van der Waals surface area contributed by atoms with Crippen LogP contribution in [0, 0.1) is 0 Å². The van der Waals surface area contributed by atoms with Gasteiger partial charge >= 0.3 is 0 Å². The molecule has 1 aromatic rings. The number of likely N-dealkylation sites (tertiary alicyclic amines) is 1. The van der Waals surface area contributed by atoms with Crippen LogP contribution in [0.5, 0.6) is 5.19 Å². The monoisotopic (exact) mass is 269 g/mol. The lowest BCUT2D eigenvalue weighted by Crippen LogP contribution is -2.44. The highest BCUT2D eigenvalue weighted by molar-refractivity contribution is 7.13. The fraction of sp³-hybridized carbons (Fsp3) is 0.750. The van der Waals surface area contributed by atoms with Crippen LogP contribution in [0.1, 0.15) is 38.1 Å². The van der Waals surface area contributed by atoms with Crippen molar-refractivity contribution in [3.05, 3.63) is 5.01 Å². The number of carbonyl (C=O) groups excluding carboxylic acids is 1. The molecule has 100 valence electrons. The average molecular weight is 269 g/mol. The predicted octanol–water partition coefficient (Wildman–Crippen LogP) is 1.88. The molecule has 1 aliphatic heterocycles. The Morgan fingerprint density at radius 1 is 1.50 bits per heavy atom. The van der Waals surface area contributed by atoms with Crippen LogP contribution in [-0.4, -0.2) is 40.2 Å². The molecule has 1 amide bonds. The molecule has 6 heteroatoms. The largest absolute Gasteiger partial charge is 0.459 e. The number of hydrogen-bond donors (Lipinski definition) is 0. The van der Waals surface area contributed by atoms with Gasteiger partial charge in [0.2, 0.25) is 0 Å². The fourth-order valence-corrected chi connectivity index (χ4v) is 2.74. The Bertz CT molecular complexity index is 408. The van der Waals surface area contributed by atoms with Gasteiger partial charge in [0.15, 0.2) is 6.61 Å². The molecule has 1 aliphatic rings. The van der Waals surface area contributed by atoms with Gasteiger partial charge in [-0.2, -0.15) is 0 Å². The average Bonchev–Trinajstić information content (AvgIpc) is 2.84. The lowest BCUT2D eigenvalue weighted by Gasteiger charge is -2.33. The summed E-state index contributed by atoms with van der Waals surface area (Å²) in [6, 6.07) is 0.329. The number of rotatable bonds is 4. The van der Waals surface area contributed by atoms with Gasteiger partial charge in [-0.15, -0.1) is 10.2 Å². The summed E-state index contributed by atoms with van der Waals surface area (Å²) in [6.07, 6.45) is 4.24. The van der Waals surface area contributed by atoms with Gasteiger partial charge in [-0.3, -0.25) is 4.79 Å². The topological polar surface area (TPSA) is 55.3 Å². The molecule has 0 bridgehead atoms. The maximum atomic E-state index is 12.0. The third-order valence-electron chi connectivity index (χ3n) is 3.19. The maximum Gasteiger partial charge on any atom is 0.294 e. The van der Waals surface area contributed by atoms with Crippen molar-refractivity contribution in [2.24, 2.45) is 0 Å². The number of amides is 1. The molecule has 0 spiro atoms. The molecule has 1 saturated heterocycles. The Morgan fingerprint density at radius 3 is 3.00 bits per heavy atom. The van der Waals surface area contributed by atoms with Crippen LogP contribution >= 0.6 is 11.3 Å². The van der Waals surface area contributed by atoms with E-state index in [4.69, 9.17) is 4.74 Å². The predicted molar refractivity (Wildman–Crippen MR) is 69.8 cm³/mol. The van der Waals surface area contributed by atoms with Crippen molar-refractivity contribution in [3.8, 4) is 5.19 Å². The molecule has 18 heavy (non-hydrogen) atoms. The molecule has 1 aromatic heterocycles. The second kappa shape index (κ2) is 6.13. The number of nitrogens with zero attached hydrogens (tertiary/aromatic N) is 3. The minimum atomic E-state index is 0.0513. The fourth-order valence-electron chi connectivity index (χ4n) is 2.11. The Hall–Kier alpha value is -1.17. The van der Waals surface area contributed by atoms with Crippen molar-refractivity contribution in [1.82, 2.24) is 15.1 Å². The third kappa shape index (κ3) is 3.19. The zero-order valence-corrected chi connectivity index (χ0v) is 11.7. The normalized spacial score (nSPS) is 19.9. The highest BCUT2D eigenvalue weighted by atomic mass is 32.1. The Kier molecular flexibility index (Phi) is 4.52. The minimum absolute atomic E-state index is 0.0513. The van der Waals surface area contributed by atoms with E-state index in [0.29, 0.717) is 11.2 Å². The molecule has 5 nitrogen and oxygen atoms in total. The summed E-state index contributed by atoms with van der Waals surface area (Å²) in [7, 11) is 0. The Balaban J connectivity index is 1.83. The molecule has 2 heterocycles. The number of carbonyl (C=O) groups is 1. The van der Waals surface area contributed by atoms with Crippen molar-refractivity contribution in [2.45, 2.75) is 45.6 Å². The highest BCUT2D eigenvalue weighted by Gasteiger charge is 2.23. The second-order valence-corrected chi connectivity index (χ2v) is 5.56. The van der Waals surface area contributed by atoms with Crippen LogP contribution in [0.2, 0.25) is 0 Å². The van der Waals surface area contributed by atoms with Crippen LogP contribution in [-0.2, 0) is 11.2 Å². The first-order valence-corrected chi connectivity index (χ1v) is 7.27. The number of aryl methyl sites for hydroxylation is 1. The first-order chi connectivity index (χ1) is 8.70. The standard InChI is InChI=1S/C12H19N3O2S/c1-3-10-13-14-12(18-10)17-8-11(16)15-7-5-4-6-9(15)2/h9H,3-8H2,1-2H3. The van der Waals surface area contributed by atoms with Crippen molar-refractivity contribution in [2.75, 3.05) is 13.2 Å². The van der Waals surface area contributed by atoms with Crippen LogP contribution in [0.4, 0.5) is 0 Å². The minimum Gasteiger partial charge on any atom is -0.459 e. The molecule has 0 N–H and O–H groups in total. The van der Waals surface area contributed by atoms with Gasteiger partial charge in [0.1, 0.15) is 5.01 Å². The van der Waals surface area contributed by atoms with E-state index in [1.807, 2.05) is 11.8 Å². The molecule has 1 atom stereocenters. The van der Waals surface area contributed by atoms with Crippen molar-refractivity contribution in [1.29, 1.82) is 0 Å². The van der Waals surface area contributed by atoms with E-state index >= 15 is 0 Å². The van der Waals surface area contributed by atoms with Crippen LogP contribution in [0.15, 0.2) is 0 Å². The highest BCUT2D eigenvalue weighted by Crippen LogP contribution is 2.19. The van der Waals surface area contributed by atoms with Gasteiger partial charge in [-0.05, 0) is 32.6 Å². The summed E-state index contributed by atoms with van der Waals surface area (Å²) in [5, 5.41) is 9.28. The van der Waals surface area contributed by atoms with Gasteiger partial charge in [0, 0.05) is 12.6 Å². The van der Waals surface area contributed by atoms with Crippen molar-refractivity contribution >= 4 is 17.2 Å².